The lowest BCUT2D eigenvalue weighted by molar-refractivity contribution is 0.0997. The molecule has 0 aliphatic rings. The summed E-state index contributed by atoms with van der Waals surface area (Å²) in [6, 6.07) is 11.7. The van der Waals surface area contributed by atoms with E-state index in [1.165, 1.54) is 52.1 Å². The summed E-state index contributed by atoms with van der Waals surface area (Å²) in [5.74, 6) is -0.454. The lowest BCUT2D eigenvalue weighted by Gasteiger charge is -2.19. The van der Waals surface area contributed by atoms with Crippen molar-refractivity contribution in [1.82, 2.24) is 8.87 Å². The normalized spacial score (nSPS) is 12.4. The number of benzene rings is 2. The molecule has 174 valence electrons. The van der Waals surface area contributed by atoms with E-state index in [0.717, 1.165) is 14.7 Å². The molecular formula is C23H24BrN3O4S2. The Bertz CT molecular complexity index is 1330. The fourth-order valence-corrected chi connectivity index (χ4v) is 6.15. The zero-order chi connectivity index (χ0) is 24.0. The van der Waals surface area contributed by atoms with Crippen molar-refractivity contribution in [1.29, 1.82) is 0 Å². The average molecular weight is 551 g/mol. The fourth-order valence-electron chi connectivity index (χ4n) is 3.16. The Morgan fingerprint density at radius 1 is 1.18 bits per heavy atom. The van der Waals surface area contributed by atoms with Crippen LogP contribution in [0.4, 0.5) is 0 Å². The molecule has 10 heteroatoms. The highest BCUT2D eigenvalue weighted by atomic mass is 79.9. The van der Waals surface area contributed by atoms with Gasteiger partial charge in [0.1, 0.15) is 0 Å². The summed E-state index contributed by atoms with van der Waals surface area (Å²) in [6.07, 6.45) is 3.03. The van der Waals surface area contributed by atoms with Gasteiger partial charge in [0.15, 0.2) is 4.80 Å². The maximum absolute atomic E-state index is 12.9. The minimum atomic E-state index is -3.74. The largest absolute Gasteiger partial charge is 0.383 e. The van der Waals surface area contributed by atoms with Gasteiger partial charge in [-0.3, -0.25) is 4.79 Å². The minimum absolute atomic E-state index is 0.0876. The Balaban J connectivity index is 1.96. The Kier molecular flexibility index (Phi) is 8.55. The first-order chi connectivity index (χ1) is 15.8. The molecule has 0 aliphatic heterocycles. The number of nitrogens with zero attached hydrogens (tertiary/aromatic N) is 3. The third-order valence-corrected chi connectivity index (χ3v) is 8.15. The monoisotopic (exact) mass is 549 g/mol. The molecule has 0 N–H and O–H groups in total. The number of sulfonamides is 1. The van der Waals surface area contributed by atoms with Gasteiger partial charge in [-0.2, -0.15) is 9.30 Å². The molecule has 0 spiro atoms. The molecule has 2 aromatic carbocycles. The first kappa shape index (κ1) is 25.3. The molecule has 7 nitrogen and oxygen atoms in total. The second kappa shape index (κ2) is 11.2. The van der Waals surface area contributed by atoms with Crippen molar-refractivity contribution >= 4 is 53.4 Å². The number of methoxy groups -OCH3 is 1. The van der Waals surface area contributed by atoms with Gasteiger partial charge in [0.25, 0.3) is 5.91 Å². The summed E-state index contributed by atoms with van der Waals surface area (Å²) >= 11 is 4.87. The quantitative estimate of drug-likeness (QED) is 0.354. The Labute approximate surface area is 205 Å². The van der Waals surface area contributed by atoms with E-state index in [2.05, 4.69) is 34.1 Å². The van der Waals surface area contributed by atoms with E-state index in [-0.39, 0.29) is 18.0 Å². The number of rotatable bonds is 10. The predicted octanol–water partition coefficient (Wildman–Crippen LogP) is 4.22. The van der Waals surface area contributed by atoms with Crippen LogP contribution in [0.15, 0.2) is 82.1 Å². The van der Waals surface area contributed by atoms with Crippen molar-refractivity contribution in [3.05, 3.63) is 82.6 Å². The van der Waals surface area contributed by atoms with E-state index in [9.17, 15) is 13.2 Å². The number of hydrogen-bond donors (Lipinski definition) is 0. The fraction of sp³-hybridized carbons (Fsp3) is 0.217. The van der Waals surface area contributed by atoms with E-state index < -0.39 is 15.9 Å². The zero-order valence-electron chi connectivity index (χ0n) is 18.1. The summed E-state index contributed by atoms with van der Waals surface area (Å²) < 4.78 is 36.0. The van der Waals surface area contributed by atoms with Crippen molar-refractivity contribution in [2.24, 2.45) is 4.99 Å². The molecule has 0 bridgehead atoms. The van der Waals surface area contributed by atoms with Crippen LogP contribution in [0.5, 0.6) is 0 Å². The summed E-state index contributed by atoms with van der Waals surface area (Å²) in [7, 11) is -2.12. The highest BCUT2D eigenvalue weighted by Crippen LogP contribution is 2.22. The van der Waals surface area contributed by atoms with Crippen molar-refractivity contribution in [3.63, 3.8) is 0 Å². The molecule has 0 fully saturated rings. The molecule has 33 heavy (non-hydrogen) atoms. The third-order valence-electron chi connectivity index (χ3n) is 4.77. The SMILES string of the molecule is C=CCN(CC=C)S(=O)(=O)c1ccc(C(=O)N=c2sc3cc(Br)ccc3n2CCOC)cc1. The molecule has 0 radical (unpaired) electrons. The first-order valence-electron chi connectivity index (χ1n) is 10.0. The molecule has 1 aromatic heterocycles. The van der Waals surface area contributed by atoms with E-state index in [1.54, 1.807) is 7.11 Å². The minimum Gasteiger partial charge on any atom is -0.383 e. The van der Waals surface area contributed by atoms with Crippen LogP contribution in [0.3, 0.4) is 0 Å². The Hall–Kier alpha value is -2.37. The highest BCUT2D eigenvalue weighted by Gasteiger charge is 2.22. The second-order valence-corrected chi connectivity index (χ2v) is 10.8. The number of fused-ring (bicyclic) bond motifs is 1. The molecule has 1 heterocycles. The molecule has 0 saturated heterocycles. The van der Waals surface area contributed by atoms with Crippen LogP contribution >= 0.6 is 27.3 Å². The average Bonchev–Trinajstić information content (AvgIpc) is 3.13. The first-order valence-corrected chi connectivity index (χ1v) is 13.1. The van der Waals surface area contributed by atoms with Gasteiger partial charge in [-0.15, -0.1) is 13.2 Å². The van der Waals surface area contributed by atoms with Crippen molar-refractivity contribution < 1.29 is 17.9 Å². The molecule has 0 atom stereocenters. The Morgan fingerprint density at radius 2 is 1.85 bits per heavy atom. The predicted molar refractivity (Wildman–Crippen MR) is 135 cm³/mol. The molecule has 3 rings (SSSR count). The molecule has 3 aromatic rings. The van der Waals surface area contributed by atoms with Gasteiger partial charge in [0, 0.05) is 36.8 Å². The second-order valence-electron chi connectivity index (χ2n) is 6.98. The van der Waals surface area contributed by atoms with Crippen LogP contribution in [0, 0.1) is 0 Å². The van der Waals surface area contributed by atoms with Crippen LogP contribution in [0.2, 0.25) is 0 Å². The number of thiazole rings is 1. The van der Waals surface area contributed by atoms with Crippen LogP contribution in [-0.2, 0) is 21.3 Å². The summed E-state index contributed by atoms with van der Waals surface area (Å²) in [5, 5.41) is 0. The number of carbonyl (C=O) groups is 1. The lowest BCUT2D eigenvalue weighted by atomic mass is 10.2. The van der Waals surface area contributed by atoms with Gasteiger partial charge in [-0.05, 0) is 42.5 Å². The van der Waals surface area contributed by atoms with Crippen LogP contribution in [0.25, 0.3) is 10.2 Å². The van der Waals surface area contributed by atoms with Crippen LogP contribution in [0.1, 0.15) is 10.4 Å². The molecule has 0 aliphatic carbocycles. The van der Waals surface area contributed by atoms with Crippen molar-refractivity contribution in [3.8, 4) is 0 Å². The number of carbonyl (C=O) groups excluding carboxylic acids is 1. The summed E-state index contributed by atoms with van der Waals surface area (Å²) in [6.45, 7) is 8.55. The van der Waals surface area contributed by atoms with Gasteiger partial charge in [0.05, 0.1) is 21.7 Å². The van der Waals surface area contributed by atoms with E-state index in [1.807, 2.05) is 22.8 Å². The maximum atomic E-state index is 12.9. The highest BCUT2D eigenvalue weighted by molar-refractivity contribution is 9.10. The van der Waals surface area contributed by atoms with Crippen molar-refractivity contribution in [2.45, 2.75) is 11.4 Å². The van der Waals surface area contributed by atoms with Gasteiger partial charge >= 0.3 is 0 Å². The number of amides is 1. The van der Waals surface area contributed by atoms with Gasteiger partial charge < -0.3 is 9.30 Å². The zero-order valence-corrected chi connectivity index (χ0v) is 21.3. The van der Waals surface area contributed by atoms with E-state index in [0.29, 0.717) is 23.5 Å². The van der Waals surface area contributed by atoms with E-state index in [4.69, 9.17) is 4.74 Å². The van der Waals surface area contributed by atoms with E-state index >= 15 is 0 Å². The van der Waals surface area contributed by atoms with Crippen molar-refractivity contribution in [2.75, 3.05) is 26.8 Å². The molecule has 0 saturated carbocycles. The number of halogens is 1. The molecule has 0 unspecified atom stereocenters. The third kappa shape index (κ3) is 5.77. The number of aromatic nitrogens is 1. The van der Waals surface area contributed by atoms with Gasteiger partial charge in [-0.25, -0.2) is 8.42 Å². The van der Waals surface area contributed by atoms with Crippen LogP contribution < -0.4 is 4.80 Å². The maximum Gasteiger partial charge on any atom is 0.279 e. The van der Waals surface area contributed by atoms with Gasteiger partial charge in [-0.1, -0.05) is 39.4 Å². The number of hydrogen-bond acceptors (Lipinski definition) is 5. The topological polar surface area (TPSA) is 81.0 Å². The smallest absolute Gasteiger partial charge is 0.279 e. The standard InChI is InChI=1S/C23H24BrN3O4S2/c1-4-12-26(13-5-2)33(29,30)19-9-6-17(7-10-19)22(28)25-23-27(14-15-31-3)20-11-8-18(24)16-21(20)32-23/h4-11,16H,1-2,12-15H2,3H3. The van der Waals surface area contributed by atoms with Crippen LogP contribution in [-0.4, -0.2) is 50.0 Å². The summed E-state index contributed by atoms with van der Waals surface area (Å²) in [4.78, 5) is 17.8. The molecular weight excluding hydrogens is 526 g/mol. The Morgan fingerprint density at radius 3 is 2.45 bits per heavy atom. The van der Waals surface area contributed by atoms with Gasteiger partial charge in [0.2, 0.25) is 10.0 Å². The lowest BCUT2D eigenvalue weighted by Crippen LogP contribution is -2.31. The molecule has 1 amide bonds. The summed E-state index contributed by atoms with van der Waals surface area (Å²) in [5.41, 5.74) is 1.25. The number of ether oxygens (including phenoxy) is 1.